The number of rotatable bonds is 8. The summed E-state index contributed by atoms with van der Waals surface area (Å²) in [6.45, 7) is 7.94. The Hall–Kier alpha value is -1.06. The number of ether oxygens (including phenoxy) is 1. The minimum Gasteiger partial charge on any atom is -0.497 e. The molecule has 3 heteroatoms. The van der Waals surface area contributed by atoms with Gasteiger partial charge < -0.3 is 10.1 Å². The molecule has 0 bridgehead atoms. The molecule has 0 saturated carbocycles. The van der Waals surface area contributed by atoms with E-state index in [0.717, 1.165) is 31.3 Å². The van der Waals surface area contributed by atoms with E-state index in [1.165, 1.54) is 31.4 Å². The van der Waals surface area contributed by atoms with Gasteiger partial charge in [-0.15, -0.1) is 0 Å². The van der Waals surface area contributed by atoms with E-state index in [1.54, 1.807) is 7.11 Å². The second-order valence-corrected chi connectivity index (χ2v) is 5.98. The SMILES string of the molecule is CCCNC(CN1CCCC1CC)c1cccc(OC)c1. The summed E-state index contributed by atoms with van der Waals surface area (Å²) >= 11 is 0. The fraction of sp³-hybridized carbons (Fsp3) is 0.667. The fourth-order valence-electron chi connectivity index (χ4n) is 3.30. The third-order valence-electron chi connectivity index (χ3n) is 4.52. The normalized spacial score (nSPS) is 20.6. The van der Waals surface area contributed by atoms with Crippen molar-refractivity contribution in [1.82, 2.24) is 10.2 Å². The zero-order valence-corrected chi connectivity index (χ0v) is 13.8. The molecule has 1 N–H and O–H groups in total. The fourth-order valence-corrected chi connectivity index (χ4v) is 3.30. The molecule has 1 aliphatic rings. The molecule has 1 heterocycles. The first-order valence-corrected chi connectivity index (χ1v) is 8.39. The maximum absolute atomic E-state index is 5.38. The molecule has 2 atom stereocenters. The van der Waals surface area contributed by atoms with E-state index < -0.39 is 0 Å². The van der Waals surface area contributed by atoms with Crippen molar-refractivity contribution < 1.29 is 4.74 Å². The van der Waals surface area contributed by atoms with Gasteiger partial charge in [0, 0.05) is 18.6 Å². The van der Waals surface area contributed by atoms with Gasteiger partial charge in [0.25, 0.3) is 0 Å². The summed E-state index contributed by atoms with van der Waals surface area (Å²) in [4.78, 5) is 2.66. The molecule has 2 unspecified atom stereocenters. The van der Waals surface area contributed by atoms with Crippen LogP contribution in [0.15, 0.2) is 24.3 Å². The largest absolute Gasteiger partial charge is 0.497 e. The van der Waals surface area contributed by atoms with E-state index in [2.05, 4.69) is 42.3 Å². The van der Waals surface area contributed by atoms with Crippen LogP contribution in [-0.2, 0) is 0 Å². The maximum atomic E-state index is 5.38. The van der Waals surface area contributed by atoms with Crippen molar-refractivity contribution in [3.05, 3.63) is 29.8 Å². The standard InChI is InChI=1S/C18H30N2O/c1-4-11-19-18(14-20-12-7-9-16(20)5-2)15-8-6-10-17(13-15)21-3/h6,8,10,13,16,18-19H,4-5,7,9,11-12,14H2,1-3H3. The van der Waals surface area contributed by atoms with E-state index in [0.29, 0.717) is 6.04 Å². The Morgan fingerprint density at radius 2 is 2.24 bits per heavy atom. The van der Waals surface area contributed by atoms with Crippen LogP contribution in [0, 0.1) is 0 Å². The quantitative estimate of drug-likeness (QED) is 0.791. The number of likely N-dealkylation sites (tertiary alicyclic amines) is 1. The smallest absolute Gasteiger partial charge is 0.119 e. The summed E-state index contributed by atoms with van der Waals surface area (Å²) in [7, 11) is 1.74. The molecule has 118 valence electrons. The highest BCUT2D eigenvalue weighted by Gasteiger charge is 2.25. The molecule has 3 nitrogen and oxygen atoms in total. The Balaban J connectivity index is 2.09. The molecule has 0 radical (unpaired) electrons. The molecule has 2 rings (SSSR count). The lowest BCUT2D eigenvalue weighted by Gasteiger charge is -2.29. The Morgan fingerprint density at radius 1 is 1.38 bits per heavy atom. The van der Waals surface area contributed by atoms with Crippen LogP contribution in [0.4, 0.5) is 0 Å². The third kappa shape index (κ3) is 4.45. The number of benzene rings is 1. The molecule has 1 aromatic carbocycles. The van der Waals surface area contributed by atoms with Crippen LogP contribution in [0.1, 0.15) is 51.1 Å². The van der Waals surface area contributed by atoms with Gasteiger partial charge in [0.15, 0.2) is 0 Å². The lowest BCUT2D eigenvalue weighted by Crippen LogP contribution is -2.38. The molecule has 0 aliphatic carbocycles. The highest BCUT2D eigenvalue weighted by atomic mass is 16.5. The average molecular weight is 290 g/mol. The second kappa shape index (κ2) is 8.40. The van der Waals surface area contributed by atoms with Gasteiger partial charge in [0.05, 0.1) is 7.11 Å². The third-order valence-corrected chi connectivity index (χ3v) is 4.52. The summed E-state index contributed by atoms with van der Waals surface area (Å²) in [5, 5.41) is 3.71. The van der Waals surface area contributed by atoms with E-state index in [1.807, 2.05) is 6.07 Å². The number of methoxy groups -OCH3 is 1. The van der Waals surface area contributed by atoms with Crippen LogP contribution in [0.2, 0.25) is 0 Å². The molecule has 1 saturated heterocycles. The first-order chi connectivity index (χ1) is 10.3. The lowest BCUT2D eigenvalue weighted by atomic mass is 10.0. The zero-order valence-electron chi connectivity index (χ0n) is 13.8. The van der Waals surface area contributed by atoms with E-state index in [4.69, 9.17) is 4.74 Å². The highest BCUT2D eigenvalue weighted by Crippen LogP contribution is 2.25. The van der Waals surface area contributed by atoms with Crippen molar-refractivity contribution in [1.29, 1.82) is 0 Å². The van der Waals surface area contributed by atoms with E-state index in [9.17, 15) is 0 Å². The van der Waals surface area contributed by atoms with Crippen LogP contribution in [0.25, 0.3) is 0 Å². The number of hydrogen-bond donors (Lipinski definition) is 1. The van der Waals surface area contributed by atoms with Crippen molar-refractivity contribution in [3.63, 3.8) is 0 Å². The average Bonchev–Trinajstić information content (AvgIpc) is 2.98. The second-order valence-electron chi connectivity index (χ2n) is 5.98. The van der Waals surface area contributed by atoms with E-state index >= 15 is 0 Å². The molecule has 0 aromatic heterocycles. The number of nitrogens with zero attached hydrogens (tertiary/aromatic N) is 1. The first kappa shape index (κ1) is 16.3. The molecule has 0 amide bonds. The molecule has 1 aromatic rings. The van der Waals surface area contributed by atoms with E-state index in [-0.39, 0.29) is 0 Å². The van der Waals surface area contributed by atoms with Gasteiger partial charge in [-0.2, -0.15) is 0 Å². The summed E-state index contributed by atoms with van der Waals surface area (Å²) in [6, 6.07) is 9.66. The van der Waals surface area contributed by atoms with Crippen LogP contribution in [0.3, 0.4) is 0 Å². The molecule has 1 fully saturated rings. The lowest BCUT2D eigenvalue weighted by molar-refractivity contribution is 0.220. The predicted molar refractivity (Wildman–Crippen MR) is 88.9 cm³/mol. The minimum absolute atomic E-state index is 0.396. The van der Waals surface area contributed by atoms with Crippen molar-refractivity contribution >= 4 is 0 Å². The number of nitrogens with one attached hydrogen (secondary N) is 1. The maximum Gasteiger partial charge on any atom is 0.119 e. The Bertz CT molecular complexity index is 421. The first-order valence-electron chi connectivity index (χ1n) is 8.39. The highest BCUT2D eigenvalue weighted by molar-refractivity contribution is 5.30. The molecule has 0 spiro atoms. The van der Waals surface area contributed by atoms with Gasteiger partial charge in [-0.1, -0.05) is 26.0 Å². The molecular formula is C18H30N2O. The summed E-state index contributed by atoms with van der Waals surface area (Å²) in [5.41, 5.74) is 1.34. The van der Waals surface area contributed by atoms with Gasteiger partial charge in [-0.25, -0.2) is 0 Å². The van der Waals surface area contributed by atoms with Crippen molar-refractivity contribution in [2.45, 2.75) is 51.6 Å². The van der Waals surface area contributed by atoms with Crippen molar-refractivity contribution in [3.8, 4) is 5.75 Å². The van der Waals surface area contributed by atoms with Crippen molar-refractivity contribution in [2.24, 2.45) is 0 Å². The van der Waals surface area contributed by atoms with Gasteiger partial charge in [-0.3, -0.25) is 4.90 Å². The van der Waals surface area contributed by atoms with Gasteiger partial charge in [0.1, 0.15) is 5.75 Å². The Kier molecular flexibility index (Phi) is 6.52. The Labute approximate surface area is 129 Å². The summed E-state index contributed by atoms with van der Waals surface area (Å²) in [5.74, 6) is 0.948. The zero-order chi connectivity index (χ0) is 15.1. The van der Waals surface area contributed by atoms with Gasteiger partial charge >= 0.3 is 0 Å². The van der Waals surface area contributed by atoms with Crippen LogP contribution in [-0.4, -0.2) is 37.7 Å². The predicted octanol–water partition coefficient (Wildman–Crippen LogP) is 3.61. The van der Waals surface area contributed by atoms with Gasteiger partial charge in [0.2, 0.25) is 0 Å². The molecular weight excluding hydrogens is 260 g/mol. The van der Waals surface area contributed by atoms with Gasteiger partial charge in [-0.05, 0) is 56.5 Å². The van der Waals surface area contributed by atoms with Crippen molar-refractivity contribution in [2.75, 3.05) is 26.7 Å². The summed E-state index contributed by atoms with van der Waals surface area (Å²) < 4.78 is 5.38. The Morgan fingerprint density at radius 3 is 2.95 bits per heavy atom. The minimum atomic E-state index is 0.396. The van der Waals surface area contributed by atoms with Crippen LogP contribution >= 0.6 is 0 Å². The van der Waals surface area contributed by atoms with Crippen LogP contribution < -0.4 is 10.1 Å². The molecule has 21 heavy (non-hydrogen) atoms. The monoisotopic (exact) mass is 290 g/mol. The number of hydrogen-bond acceptors (Lipinski definition) is 3. The van der Waals surface area contributed by atoms with Crippen LogP contribution in [0.5, 0.6) is 5.75 Å². The molecule has 1 aliphatic heterocycles. The summed E-state index contributed by atoms with van der Waals surface area (Å²) in [6.07, 6.45) is 5.13. The topological polar surface area (TPSA) is 24.5 Å².